The first-order valence-electron chi connectivity index (χ1n) is 6.39. The van der Waals surface area contributed by atoms with Crippen LogP contribution in [0.25, 0.3) is 0 Å². The summed E-state index contributed by atoms with van der Waals surface area (Å²) in [5.41, 5.74) is 3.39. The fraction of sp³-hybridized carbons (Fsp3) is 0.294. The molecule has 0 saturated heterocycles. The van der Waals surface area contributed by atoms with Crippen LogP contribution in [-0.2, 0) is 0 Å². The van der Waals surface area contributed by atoms with Gasteiger partial charge in [-0.25, -0.2) is 0 Å². The molecule has 1 saturated carbocycles. The standard InChI is InChI=1S/C17H18/c1-17(12-13-17)16(14-8-4-2-5-9-14)15-10-6-3-7-11-15/h2-11,16H,12-13H2,1H3. The summed E-state index contributed by atoms with van der Waals surface area (Å²) in [4.78, 5) is 0. The maximum Gasteiger partial charge on any atom is 0.0143 e. The van der Waals surface area contributed by atoms with Gasteiger partial charge in [-0.1, -0.05) is 67.6 Å². The molecule has 0 bridgehead atoms. The van der Waals surface area contributed by atoms with E-state index in [0.29, 0.717) is 11.3 Å². The zero-order valence-corrected chi connectivity index (χ0v) is 10.3. The van der Waals surface area contributed by atoms with E-state index in [1.807, 2.05) is 0 Å². The molecule has 0 amide bonds. The van der Waals surface area contributed by atoms with Gasteiger partial charge in [-0.2, -0.15) is 0 Å². The third kappa shape index (κ3) is 2.00. The van der Waals surface area contributed by atoms with Crippen molar-refractivity contribution < 1.29 is 0 Å². The van der Waals surface area contributed by atoms with Gasteiger partial charge in [-0.05, 0) is 29.4 Å². The van der Waals surface area contributed by atoms with Gasteiger partial charge in [-0.15, -0.1) is 0 Å². The van der Waals surface area contributed by atoms with Gasteiger partial charge in [0.15, 0.2) is 0 Å². The van der Waals surface area contributed by atoms with Crippen LogP contribution in [0.3, 0.4) is 0 Å². The van der Waals surface area contributed by atoms with Gasteiger partial charge in [0.1, 0.15) is 0 Å². The maximum absolute atomic E-state index is 2.41. The molecular formula is C17H18. The molecule has 0 aromatic heterocycles. The van der Waals surface area contributed by atoms with E-state index in [1.165, 1.54) is 24.0 Å². The second kappa shape index (κ2) is 4.03. The topological polar surface area (TPSA) is 0 Å². The Morgan fingerprint density at radius 2 is 1.18 bits per heavy atom. The molecule has 2 aromatic carbocycles. The monoisotopic (exact) mass is 222 g/mol. The highest BCUT2D eigenvalue weighted by atomic mass is 14.5. The van der Waals surface area contributed by atoms with E-state index < -0.39 is 0 Å². The Bertz CT molecular complexity index is 440. The van der Waals surface area contributed by atoms with Gasteiger partial charge in [0, 0.05) is 5.92 Å². The molecule has 0 heterocycles. The Morgan fingerprint density at radius 3 is 1.53 bits per heavy atom. The van der Waals surface area contributed by atoms with E-state index >= 15 is 0 Å². The molecule has 0 atom stereocenters. The molecule has 0 heteroatoms. The highest BCUT2D eigenvalue weighted by Gasteiger charge is 2.45. The van der Waals surface area contributed by atoms with Crippen LogP contribution in [0.4, 0.5) is 0 Å². The zero-order chi connectivity index (χ0) is 11.7. The molecule has 0 spiro atoms. The van der Waals surface area contributed by atoms with E-state index in [0.717, 1.165) is 0 Å². The number of hydrogen-bond acceptors (Lipinski definition) is 0. The van der Waals surface area contributed by atoms with Gasteiger partial charge in [0.25, 0.3) is 0 Å². The molecular weight excluding hydrogens is 204 g/mol. The first-order valence-corrected chi connectivity index (χ1v) is 6.39. The summed E-state index contributed by atoms with van der Waals surface area (Å²) in [5.74, 6) is 0.560. The number of hydrogen-bond donors (Lipinski definition) is 0. The Labute approximate surface area is 103 Å². The maximum atomic E-state index is 2.41. The van der Waals surface area contributed by atoms with E-state index in [9.17, 15) is 0 Å². The summed E-state index contributed by atoms with van der Waals surface area (Å²) in [7, 11) is 0. The fourth-order valence-electron chi connectivity index (χ4n) is 2.77. The van der Waals surface area contributed by atoms with Crippen LogP contribution < -0.4 is 0 Å². The van der Waals surface area contributed by atoms with Crippen molar-refractivity contribution >= 4 is 0 Å². The summed E-state index contributed by atoms with van der Waals surface area (Å²) >= 11 is 0. The normalized spacial score (nSPS) is 17.1. The summed E-state index contributed by atoms with van der Waals surface area (Å²) in [6.45, 7) is 2.41. The molecule has 1 fully saturated rings. The highest BCUT2D eigenvalue weighted by molar-refractivity contribution is 5.36. The first kappa shape index (κ1) is 10.6. The second-order valence-electron chi connectivity index (χ2n) is 5.41. The quantitative estimate of drug-likeness (QED) is 0.711. The summed E-state index contributed by atoms with van der Waals surface area (Å²) < 4.78 is 0. The molecule has 1 aliphatic carbocycles. The van der Waals surface area contributed by atoms with Crippen LogP contribution in [0.1, 0.15) is 36.8 Å². The van der Waals surface area contributed by atoms with Crippen molar-refractivity contribution in [1.29, 1.82) is 0 Å². The van der Waals surface area contributed by atoms with Crippen molar-refractivity contribution in [2.24, 2.45) is 5.41 Å². The minimum atomic E-state index is 0.475. The van der Waals surface area contributed by atoms with Crippen molar-refractivity contribution in [3.63, 3.8) is 0 Å². The molecule has 86 valence electrons. The Balaban J connectivity index is 2.05. The molecule has 17 heavy (non-hydrogen) atoms. The Hall–Kier alpha value is -1.56. The molecule has 0 N–H and O–H groups in total. The van der Waals surface area contributed by atoms with Crippen molar-refractivity contribution in [1.82, 2.24) is 0 Å². The summed E-state index contributed by atoms with van der Waals surface area (Å²) in [6, 6.07) is 21.9. The van der Waals surface area contributed by atoms with Gasteiger partial charge in [-0.3, -0.25) is 0 Å². The van der Waals surface area contributed by atoms with Crippen LogP contribution in [-0.4, -0.2) is 0 Å². The third-order valence-corrected chi connectivity index (χ3v) is 4.00. The Morgan fingerprint density at radius 1 is 0.765 bits per heavy atom. The van der Waals surface area contributed by atoms with E-state index in [-0.39, 0.29) is 0 Å². The van der Waals surface area contributed by atoms with Crippen molar-refractivity contribution in [3.05, 3.63) is 71.8 Å². The van der Waals surface area contributed by atoms with Crippen LogP contribution in [0.15, 0.2) is 60.7 Å². The SMILES string of the molecule is CC1(C(c2ccccc2)c2ccccc2)CC1. The fourth-order valence-corrected chi connectivity index (χ4v) is 2.77. The molecule has 3 rings (SSSR count). The molecule has 0 nitrogen and oxygen atoms in total. The van der Waals surface area contributed by atoms with Crippen LogP contribution >= 0.6 is 0 Å². The minimum absolute atomic E-state index is 0.475. The Kier molecular flexibility index (Phi) is 2.51. The highest BCUT2D eigenvalue weighted by Crippen LogP contribution is 2.57. The van der Waals surface area contributed by atoms with Crippen LogP contribution in [0, 0.1) is 5.41 Å². The number of rotatable bonds is 3. The lowest BCUT2D eigenvalue weighted by molar-refractivity contribution is 0.495. The van der Waals surface area contributed by atoms with Crippen molar-refractivity contribution in [2.45, 2.75) is 25.7 Å². The number of benzene rings is 2. The minimum Gasteiger partial charge on any atom is -0.0622 e. The first-order chi connectivity index (χ1) is 8.30. The van der Waals surface area contributed by atoms with Crippen molar-refractivity contribution in [2.75, 3.05) is 0 Å². The summed E-state index contributed by atoms with van der Waals surface area (Å²) in [5, 5.41) is 0. The second-order valence-corrected chi connectivity index (χ2v) is 5.41. The predicted molar refractivity (Wildman–Crippen MR) is 72.1 cm³/mol. The van der Waals surface area contributed by atoms with Crippen LogP contribution in [0.5, 0.6) is 0 Å². The van der Waals surface area contributed by atoms with Crippen LogP contribution in [0.2, 0.25) is 0 Å². The molecule has 0 radical (unpaired) electrons. The lowest BCUT2D eigenvalue weighted by Gasteiger charge is -2.24. The van der Waals surface area contributed by atoms with E-state index in [1.54, 1.807) is 0 Å². The molecule has 0 aliphatic heterocycles. The smallest absolute Gasteiger partial charge is 0.0143 e. The van der Waals surface area contributed by atoms with E-state index in [4.69, 9.17) is 0 Å². The van der Waals surface area contributed by atoms with Gasteiger partial charge >= 0.3 is 0 Å². The summed E-state index contributed by atoms with van der Waals surface area (Å²) in [6.07, 6.45) is 2.70. The lowest BCUT2D eigenvalue weighted by atomic mass is 9.79. The van der Waals surface area contributed by atoms with Gasteiger partial charge in [0.2, 0.25) is 0 Å². The average molecular weight is 222 g/mol. The third-order valence-electron chi connectivity index (χ3n) is 4.00. The molecule has 2 aromatic rings. The zero-order valence-electron chi connectivity index (χ0n) is 10.3. The lowest BCUT2D eigenvalue weighted by Crippen LogP contribution is -2.12. The van der Waals surface area contributed by atoms with E-state index in [2.05, 4.69) is 67.6 Å². The van der Waals surface area contributed by atoms with Gasteiger partial charge in [0.05, 0.1) is 0 Å². The molecule has 1 aliphatic rings. The molecule has 0 unspecified atom stereocenters. The van der Waals surface area contributed by atoms with Crippen molar-refractivity contribution in [3.8, 4) is 0 Å². The predicted octanol–water partition coefficient (Wildman–Crippen LogP) is 4.62. The van der Waals surface area contributed by atoms with Gasteiger partial charge < -0.3 is 0 Å². The largest absolute Gasteiger partial charge is 0.0622 e. The average Bonchev–Trinajstić information content (AvgIpc) is 3.11.